The Balaban J connectivity index is 1.84. The average molecular weight is 373 g/mol. The molecule has 0 N–H and O–H groups in total. The molecule has 27 heavy (non-hydrogen) atoms. The van der Waals surface area contributed by atoms with Crippen molar-refractivity contribution in [2.45, 2.75) is 45.2 Å². The third-order valence-electron chi connectivity index (χ3n) is 5.48. The van der Waals surface area contributed by atoms with Crippen molar-refractivity contribution in [2.24, 2.45) is 0 Å². The number of methoxy groups -OCH3 is 1. The van der Waals surface area contributed by atoms with Gasteiger partial charge in [0.1, 0.15) is 12.4 Å². The number of piperidine rings is 1. The summed E-state index contributed by atoms with van der Waals surface area (Å²) in [5.41, 5.74) is 1.99. The maximum Gasteiger partial charge on any atom is 0.242 e. The van der Waals surface area contributed by atoms with Crippen LogP contribution in [0.25, 0.3) is 11.0 Å². The highest BCUT2D eigenvalue weighted by Crippen LogP contribution is 2.23. The molecule has 0 atom stereocenters. The first-order chi connectivity index (χ1) is 13.0. The highest BCUT2D eigenvalue weighted by atomic mass is 16.5. The summed E-state index contributed by atoms with van der Waals surface area (Å²) in [4.78, 5) is 22.5. The van der Waals surface area contributed by atoms with Crippen LogP contribution in [0.3, 0.4) is 0 Å². The van der Waals surface area contributed by atoms with Gasteiger partial charge in [-0.25, -0.2) is 4.98 Å². The van der Waals surface area contributed by atoms with Crippen molar-refractivity contribution in [3.63, 3.8) is 0 Å². The molecule has 1 aliphatic heterocycles. The number of carbonyl (C=O) groups is 1. The second kappa shape index (κ2) is 8.85. The van der Waals surface area contributed by atoms with Crippen LogP contribution in [0.15, 0.2) is 24.3 Å². The molecular formula is C21H32N4O2. The van der Waals surface area contributed by atoms with Gasteiger partial charge in [-0.15, -0.1) is 0 Å². The molecule has 1 aliphatic rings. The van der Waals surface area contributed by atoms with E-state index in [9.17, 15) is 4.79 Å². The van der Waals surface area contributed by atoms with Crippen LogP contribution in [0.2, 0.25) is 0 Å². The number of hydrogen-bond donors (Lipinski definition) is 0. The molecule has 0 unspecified atom stereocenters. The molecule has 0 radical (unpaired) electrons. The van der Waals surface area contributed by atoms with Gasteiger partial charge in [0.05, 0.1) is 17.6 Å². The fraction of sp³-hybridized carbons (Fsp3) is 0.619. The third kappa shape index (κ3) is 4.50. The molecule has 2 heterocycles. The summed E-state index contributed by atoms with van der Waals surface area (Å²) < 4.78 is 7.37. The summed E-state index contributed by atoms with van der Waals surface area (Å²) in [7, 11) is 3.83. The topological polar surface area (TPSA) is 50.6 Å². The van der Waals surface area contributed by atoms with Gasteiger partial charge in [0.2, 0.25) is 5.91 Å². The number of fused-ring (bicyclic) bond motifs is 1. The highest BCUT2D eigenvalue weighted by Gasteiger charge is 2.28. The summed E-state index contributed by atoms with van der Waals surface area (Å²) >= 11 is 0. The number of benzene rings is 1. The minimum Gasteiger partial charge on any atom is -0.383 e. The number of amides is 1. The minimum absolute atomic E-state index is 0.159. The van der Waals surface area contributed by atoms with Crippen LogP contribution in [0.5, 0.6) is 0 Å². The smallest absolute Gasteiger partial charge is 0.242 e. The second-order valence-electron chi connectivity index (χ2n) is 7.81. The first-order valence-electron chi connectivity index (χ1n) is 9.93. The molecule has 0 saturated carbocycles. The maximum atomic E-state index is 13.3. The standard InChI is InChI=1S/C21H32N4O2/c1-16(2)21-22-18-7-5-6-8-19(18)25(21)15-20(26)24(13-14-27-4)17-9-11-23(3)12-10-17/h5-8,16-17H,9-15H2,1-4H3. The van der Waals surface area contributed by atoms with Crippen LogP contribution in [0, 0.1) is 0 Å². The summed E-state index contributed by atoms with van der Waals surface area (Å²) in [6, 6.07) is 8.36. The molecule has 1 aromatic carbocycles. The van der Waals surface area contributed by atoms with Gasteiger partial charge >= 0.3 is 0 Å². The molecule has 2 aromatic rings. The van der Waals surface area contributed by atoms with E-state index >= 15 is 0 Å². The van der Waals surface area contributed by atoms with E-state index < -0.39 is 0 Å². The lowest BCUT2D eigenvalue weighted by molar-refractivity contribution is -0.135. The van der Waals surface area contributed by atoms with E-state index in [-0.39, 0.29) is 11.8 Å². The van der Waals surface area contributed by atoms with Gasteiger partial charge in [0.25, 0.3) is 0 Å². The Morgan fingerprint density at radius 3 is 2.67 bits per heavy atom. The van der Waals surface area contributed by atoms with Gasteiger partial charge in [0, 0.05) is 25.6 Å². The van der Waals surface area contributed by atoms with Crippen LogP contribution < -0.4 is 0 Å². The molecule has 0 aliphatic carbocycles. The van der Waals surface area contributed by atoms with Crippen molar-refractivity contribution in [3.05, 3.63) is 30.1 Å². The van der Waals surface area contributed by atoms with E-state index in [4.69, 9.17) is 9.72 Å². The largest absolute Gasteiger partial charge is 0.383 e. The third-order valence-corrected chi connectivity index (χ3v) is 5.48. The Labute approximate surface area is 162 Å². The number of imidazole rings is 1. The van der Waals surface area contributed by atoms with Crippen molar-refractivity contribution in [1.82, 2.24) is 19.4 Å². The van der Waals surface area contributed by atoms with Gasteiger partial charge in [0.15, 0.2) is 0 Å². The summed E-state index contributed by atoms with van der Waals surface area (Å²) in [6.07, 6.45) is 2.04. The van der Waals surface area contributed by atoms with E-state index in [1.807, 2.05) is 23.1 Å². The van der Waals surface area contributed by atoms with Crippen LogP contribution in [0.4, 0.5) is 0 Å². The van der Waals surface area contributed by atoms with Crippen LogP contribution >= 0.6 is 0 Å². The molecule has 1 amide bonds. The average Bonchev–Trinajstić information content (AvgIpc) is 3.02. The normalized spacial score (nSPS) is 16.3. The Morgan fingerprint density at radius 1 is 1.30 bits per heavy atom. The summed E-state index contributed by atoms with van der Waals surface area (Å²) in [6.45, 7) is 7.88. The number of nitrogens with zero attached hydrogens (tertiary/aromatic N) is 4. The van der Waals surface area contributed by atoms with E-state index in [1.54, 1.807) is 7.11 Å². The Bertz CT molecular complexity index is 763. The molecule has 1 saturated heterocycles. The highest BCUT2D eigenvalue weighted by molar-refractivity contribution is 5.81. The van der Waals surface area contributed by atoms with Gasteiger partial charge in [-0.2, -0.15) is 0 Å². The molecule has 1 fully saturated rings. The monoisotopic (exact) mass is 372 g/mol. The molecule has 6 heteroatoms. The lowest BCUT2D eigenvalue weighted by Crippen LogP contribution is -2.48. The Morgan fingerprint density at radius 2 is 2.00 bits per heavy atom. The van der Waals surface area contributed by atoms with Crippen molar-refractivity contribution in [2.75, 3.05) is 40.4 Å². The molecule has 6 nitrogen and oxygen atoms in total. The van der Waals surface area contributed by atoms with Crippen molar-refractivity contribution in [3.8, 4) is 0 Å². The molecule has 0 spiro atoms. The number of likely N-dealkylation sites (tertiary alicyclic amines) is 1. The molecule has 3 rings (SSSR count). The number of aromatic nitrogens is 2. The van der Waals surface area contributed by atoms with Crippen LogP contribution in [-0.2, 0) is 16.1 Å². The summed E-state index contributed by atoms with van der Waals surface area (Å²) in [5, 5.41) is 0. The zero-order valence-electron chi connectivity index (χ0n) is 17.0. The van der Waals surface area contributed by atoms with Gasteiger partial charge in [-0.3, -0.25) is 4.79 Å². The first-order valence-corrected chi connectivity index (χ1v) is 9.93. The van der Waals surface area contributed by atoms with Crippen LogP contribution in [0.1, 0.15) is 38.4 Å². The van der Waals surface area contributed by atoms with Gasteiger partial charge < -0.3 is 19.1 Å². The van der Waals surface area contributed by atoms with E-state index in [0.29, 0.717) is 25.7 Å². The zero-order valence-corrected chi connectivity index (χ0v) is 17.0. The molecule has 1 aromatic heterocycles. The number of para-hydroxylation sites is 2. The van der Waals surface area contributed by atoms with E-state index in [2.05, 4.69) is 36.4 Å². The van der Waals surface area contributed by atoms with Crippen molar-refractivity contribution < 1.29 is 9.53 Å². The van der Waals surface area contributed by atoms with Gasteiger partial charge in [-0.1, -0.05) is 26.0 Å². The lowest BCUT2D eigenvalue weighted by Gasteiger charge is -2.37. The second-order valence-corrected chi connectivity index (χ2v) is 7.81. The van der Waals surface area contributed by atoms with E-state index in [0.717, 1.165) is 42.8 Å². The minimum atomic E-state index is 0.159. The molecule has 0 bridgehead atoms. The van der Waals surface area contributed by atoms with Crippen LogP contribution in [-0.4, -0.2) is 71.7 Å². The lowest BCUT2D eigenvalue weighted by atomic mass is 10.0. The van der Waals surface area contributed by atoms with Crippen molar-refractivity contribution in [1.29, 1.82) is 0 Å². The number of rotatable bonds is 7. The van der Waals surface area contributed by atoms with Crippen molar-refractivity contribution >= 4 is 16.9 Å². The summed E-state index contributed by atoms with van der Waals surface area (Å²) in [5.74, 6) is 1.40. The Hall–Kier alpha value is -1.92. The van der Waals surface area contributed by atoms with Gasteiger partial charge in [-0.05, 0) is 45.1 Å². The predicted octanol–water partition coefficient (Wildman–Crippen LogP) is 2.73. The molecule has 148 valence electrons. The SMILES string of the molecule is COCCN(C(=O)Cn1c(C(C)C)nc2ccccc21)C1CCN(C)CC1. The van der Waals surface area contributed by atoms with E-state index in [1.165, 1.54) is 0 Å². The Kier molecular flexibility index (Phi) is 6.50. The number of hydrogen-bond acceptors (Lipinski definition) is 4. The predicted molar refractivity (Wildman–Crippen MR) is 108 cm³/mol. The molecular weight excluding hydrogens is 340 g/mol. The number of ether oxygens (including phenoxy) is 1. The number of carbonyl (C=O) groups excluding carboxylic acids is 1. The maximum absolute atomic E-state index is 13.3. The first kappa shape index (κ1) is 19.8. The quantitative estimate of drug-likeness (QED) is 0.750. The zero-order chi connectivity index (χ0) is 19.4. The fourth-order valence-electron chi connectivity index (χ4n) is 3.93. The fourth-order valence-corrected chi connectivity index (χ4v) is 3.93.